The van der Waals surface area contributed by atoms with Gasteiger partial charge < -0.3 is 15.0 Å². The lowest BCUT2D eigenvalue weighted by Crippen LogP contribution is -2.36. The van der Waals surface area contributed by atoms with Crippen LogP contribution in [0.3, 0.4) is 0 Å². The Kier molecular flexibility index (Phi) is 5.41. The number of morpholine rings is 1. The number of nitrogens with zero attached hydrogens (tertiary/aromatic N) is 9. The maximum atomic E-state index is 13.8. The van der Waals surface area contributed by atoms with E-state index in [4.69, 9.17) is 9.72 Å². The molecule has 4 aromatic rings. The number of fused-ring (bicyclic) bond motifs is 1. The average Bonchev–Trinajstić information content (AvgIpc) is 3.62. The minimum Gasteiger partial charge on any atom is -0.378 e. The van der Waals surface area contributed by atoms with E-state index < -0.39 is 6.43 Å². The van der Waals surface area contributed by atoms with Crippen molar-refractivity contribution in [3.8, 4) is 16.9 Å². The van der Waals surface area contributed by atoms with Gasteiger partial charge in [0.15, 0.2) is 11.3 Å². The summed E-state index contributed by atoms with van der Waals surface area (Å²) in [5, 5.41) is 20.2. The van der Waals surface area contributed by atoms with Crippen LogP contribution in [-0.2, 0) is 4.74 Å². The molecule has 1 N–H and O–H groups in total. The Hall–Kier alpha value is -3.45. The zero-order valence-electron chi connectivity index (χ0n) is 18.4. The van der Waals surface area contributed by atoms with Crippen LogP contribution in [0.4, 0.5) is 14.6 Å². The summed E-state index contributed by atoms with van der Waals surface area (Å²) >= 11 is 0. The van der Waals surface area contributed by atoms with Gasteiger partial charge in [0.25, 0.3) is 6.43 Å². The molecule has 2 fully saturated rings. The van der Waals surface area contributed by atoms with Gasteiger partial charge in [0.2, 0.25) is 0 Å². The lowest BCUT2D eigenvalue weighted by Gasteiger charge is -2.27. The third-order valence-electron chi connectivity index (χ3n) is 6.34. The molecule has 11 nitrogen and oxygen atoms in total. The second kappa shape index (κ2) is 8.72. The van der Waals surface area contributed by atoms with Crippen molar-refractivity contribution in [2.24, 2.45) is 0 Å². The summed E-state index contributed by atoms with van der Waals surface area (Å²) in [5.41, 5.74) is 1.71. The summed E-state index contributed by atoms with van der Waals surface area (Å²) in [6.45, 7) is 4.52. The van der Waals surface area contributed by atoms with Crippen LogP contribution in [0, 0.1) is 0 Å². The number of hydrogen-bond donors (Lipinski definition) is 1. The number of piperidine rings is 1. The molecule has 13 heteroatoms. The van der Waals surface area contributed by atoms with E-state index in [-0.39, 0.29) is 17.4 Å². The van der Waals surface area contributed by atoms with Gasteiger partial charge in [-0.15, -0.1) is 5.10 Å². The summed E-state index contributed by atoms with van der Waals surface area (Å²) in [5.74, 6) is 0.827. The number of ether oxygens (including phenoxy) is 1. The fraction of sp³-hybridized carbons (Fsp3) is 0.476. The van der Waals surface area contributed by atoms with Crippen molar-refractivity contribution in [3.63, 3.8) is 0 Å². The zero-order valence-corrected chi connectivity index (χ0v) is 18.4. The third kappa shape index (κ3) is 3.80. The molecular formula is C21H24F2N10O. The van der Waals surface area contributed by atoms with E-state index >= 15 is 0 Å². The Labute approximate surface area is 193 Å². The summed E-state index contributed by atoms with van der Waals surface area (Å²) in [7, 11) is 0. The number of nitrogens with one attached hydrogen (secondary N) is 1. The lowest BCUT2D eigenvalue weighted by molar-refractivity contribution is 0.122. The van der Waals surface area contributed by atoms with Gasteiger partial charge in [0.05, 0.1) is 43.4 Å². The number of aromatic nitrogens is 8. The fourth-order valence-corrected chi connectivity index (χ4v) is 4.50. The highest BCUT2D eigenvalue weighted by molar-refractivity contribution is 5.75. The summed E-state index contributed by atoms with van der Waals surface area (Å²) < 4.78 is 37.7. The van der Waals surface area contributed by atoms with Crippen LogP contribution in [0.2, 0.25) is 0 Å². The first kappa shape index (κ1) is 21.1. The van der Waals surface area contributed by atoms with E-state index in [2.05, 4.69) is 30.7 Å². The molecule has 0 unspecified atom stereocenters. The molecule has 34 heavy (non-hydrogen) atoms. The van der Waals surface area contributed by atoms with Crippen LogP contribution in [-0.4, -0.2) is 78.8 Å². The number of rotatable bonds is 5. The van der Waals surface area contributed by atoms with Gasteiger partial charge in [-0.1, -0.05) is 5.21 Å². The van der Waals surface area contributed by atoms with E-state index in [0.717, 1.165) is 44.8 Å². The van der Waals surface area contributed by atoms with Gasteiger partial charge >= 0.3 is 0 Å². The number of anilines is 1. The van der Waals surface area contributed by atoms with Crippen molar-refractivity contribution in [3.05, 3.63) is 36.5 Å². The Balaban J connectivity index is 1.34. The standard InChI is InChI=1S/C21H24F2N10O/c22-20(23)19-17(13-32(28-19)14-1-4-24-5-2-14)33-12-16(27-29-33)15-11-25-31-6-3-18(26-21(15)31)30-7-9-34-10-8-30/h3,6,11-14,20,24H,1-2,4-5,7-10H2. The first-order chi connectivity index (χ1) is 16.7. The predicted molar refractivity (Wildman–Crippen MR) is 118 cm³/mol. The van der Waals surface area contributed by atoms with E-state index in [9.17, 15) is 8.78 Å². The summed E-state index contributed by atoms with van der Waals surface area (Å²) in [6, 6.07) is 1.99. The van der Waals surface area contributed by atoms with Gasteiger partial charge in [-0.25, -0.2) is 23.0 Å². The summed E-state index contributed by atoms with van der Waals surface area (Å²) in [6.07, 6.45) is 5.72. The quantitative estimate of drug-likeness (QED) is 0.472. The zero-order chi connectivity index (χ0) is 23.1. The lowest BCUT2D eigenvalue weighted by atomic mass is 10.1. The Morgan fingerprint density at radius 1 is 1.12 bits per heavy atom. The van der Waals surface area contributed by atoms with E-state index in [1.807, 2.05) is 12.3 Å². The molecule has 178 valence electrons. The number of hydrogen-bond acceptors (Lipinski definition) is 8. The SMILES string of the molecule is FC(F)c1nn(C2CCNCC2)cc1-n1cc(-c2cnn3ccc(N4CCOCC4)nc23)nn1. The molecule has 6 heterocycles. The Bertz CT molecular complexity index is 1290. The normalized spacial score (nSPS) is 17.8. The topological polar surface area (TPSA) is 103 Å². The monoisotopic (exact) mass is 470 g/mol. The maximum Gasteiger partial charge on any atom is 0.284 e. The molecule has 0 bridgehead atoms. The van der Waals surface area contributed by atoms with Gasteiger partial charge in [-0.05, 0) is 32.0 Å². The first-order valence-electron chi connectivity index (χ1n) is 11.4. The fourth-order valence-electron chi connectivity index (χ4n) is 4.50. The Morgan fingerprint density at radius 3 is 2.74 bits per heavy atom. The number of alkyl halides is 2. The van der Waals surface area contributed by atoms with Crippen LogP contribution in [0.1, 0.15) is 31.0 Å². The van der Waals surface area contributed by atoms with Gasteiger partial charge in [0, 0.05) is 19.3 Å². The molecule has 0 radical (unpaired) electrons. The minimum absolute atomic E-state index is 0.0814. The van der Waals surface area contributed by atoms with Crippen molar-refractivity contribution < 1.29 is 13.5 Å². The van der Waals surface area contributed by atoms with Crippen LogP contribution in [0.25, 0.3) is 22.6 Å². The highest BCUT2D eigenvalue weighted by Gasteiger charge is 2.25. The molecular weight excluding hydrogens is 446 g/mol. The molecule has 2 saturated heterocycles. The molecule has 4 aromatic heterocycles. The second-order valence-corrected chi connectivity index (χ2v) is 8.42. The molecule has 0 spiro atoms. The van der Waals surface area contributed by atoms with Crippen LogP contribution >= 0.6 is 0 Å². The van der Waals surface area contributed by atoms with Crippen molar-refractivity contribution in [2.45, 2.75) is 25.3 Å². The molecule has 0 saturated carbocycles. The average molecular weight is 470 g/mol. The first-order valence-corrected chi connectivity index (χ1v) is 11.4. The molecule has 2 aliphatic heterocycles. The molecule has 2 aliphatic rings. The molecule has 0 aromatic carbocycles. The Morgan fingerprint density at radius 2 is 1.94 bits per heavy atom. The van der Waals surface area contributed by atoms with E-state index in [0.29, 0.717) is 30.1 Å². The highest BCUT2D eigenvalue weighted by atomic mass is 19.3. The van der Waals surface area contributed by atoms with Crippen molar-refractivity contribution in [2.75, 3.05) is 44.3 Å². The van der Waals surface area contributed by atoms with Crippen LogP contribution in [0.5, 0.6) is 0 Å². The minimum atomic E-state index is -2.72. The van der Waals surface area contributed by atoms with Gasteiger partial charge in [-0.2, -0.15) is 10.2 Å². The van der Waals surface area contributed by atoms with Gasteiger partial charge in [0.1, 0.15) is 17.2 Å². The molecule has 0 aliphatic carbocycles. The van der Waals surface area contributed by atoms with E-state index in [1.54, 1.807) is 27.8 Å². The van der Waals surface area contributed by atoms with Crippen molar-refractivity contribution in [1.82, 2.24) is 44.7 Å². The third-order valence-corrected chi connectivity index (χ3v) is 6.34. The predicted octanol–water partition coefficient (Wildman–Crippen LogP) is 1.87. The largest absolute Gasteiger partial charge is 0.378 e. The molecule has 0 atom stereocenters. The van der Waals surface area contributed by atoms with Crippen LogP contribution < -0.4 is 10.2 Å². The van der Waals surface area contributed by atoms with Crippen molar-refractivity contribution >= 4 is 11.5 Å². The smallest absolute Gasteiger partial charge is 0.284 e. The van der Waals surface area contributed by atoms with Gasteiger partial charge in [-0.3, -0.25) is 4.68 Å². The molecule has 6 rings (SSSR count). The highest BCUT2D eigenvalue weighted by Crippen LogP contribution is 2.29. The summed E-state index contributed by atoms with van der Waals surface area (Å²) in [4.78, 5) is 6.93. The van der Waals surface area contributed by atoms with E-state index in [1.165, 1.54) is 4.68 Å². The van der Waals surface area contributed by atoms with Crippen LogP contribution in [0.15, 0.2) is 30.9 Å². The molecule has 0 amide bonds. The second-order valence-electron chi connectivity index (χ2n) is 8.42. The number of halogens is 2. The maximum absolute atomic E-state index is 13.8. The van der Waals surface area contributed by atoms with Crippen molar-refractivity contribution in [1.29, 1.82) is 0 Å².